The fraction of sp³-hybridized carbons (Fsp3) is 0.625. The van der Waals surface area contributed by atoms with Crippen molar-refractivity contribution < 1.29 is 0 Å². The van der Waals surface area contributed by atoms with Crippen LogP contribution in [0.2, 0.25) is 0 Å². The summed E-state index contributed by atoms with van der Waals surface area (Å²) in [7, 11) is 0. The highest BCUT2D eigenvalue weighted by Gasteiger charge is 2.25. The van der Waals surface area contributed by atoms with Crippen molar-refractivity contribution in [3.05, 3.63) is 35.4 Å². The van der Waals surface area contributed by atoms with Crippen LogP contribution in [-0.2, 0) is 0 Å². The van der Waals surface area contributed by atoms with E-state index in [1.165, 1.54) is 24.8 Å². The smallest absolute Gasteiger partial charge is 0.0346 e. The molecule has 17 heavy (non-hydrogen) atoms. The second-order valence-corrected chi connectivity index (χ2v) is 5.54. The number of hydrogen-bond acceptors (Lipinski definition) is 1. The Balaban J connectivity index is 2.27. The summed E-state index contributed by atoms with van der Waals surface area (Å²) in [5, 5.41) is 3.64. The van der Waals surface area contributed by atoms with E-state index in [0.717, 1.165) is 12.5 Å². The fourth-order valence-corrected chi connectivity index (χ4v) is 2.81. The maximum atomic E-state index is 3.64. The Hall–Kier alpha value is -0.820. The first-order chi connectivity index (χ1) is 8.24. The van der Waals surface area contributed by atoms with Crippen LogP contribution in [0.1, 0.15) is 63.1 Å². The molecule has 0 spiro atoms. The lowest BCUT2D eigenvalue weighted by molar-refractivity contribution is 0.389. The SMILES string of the molecule is CCNC(c1ccccc1C1CCC1)C(C)C. The molecule has 0 aliphatic heterocycles. The summed E-state index contributed by atoms with van der Waals surface area (Å²) in [6.45, 7) is 7.86. The summed E-state index contributed by atoms with van der Waals surface area (Å²) >= 11 is 0. The topological polar surface area (TPSA) is 12.0 Å². The van der Waals surface area contributed by atoms with Gasteiger partial charge in [-0.15, -0.1) is 0 Å². The molecule has 1 saturated carbocycles. The van der Waals surface area contributed by atoms with E-state index in [1.54, 1.807) is 5.56 Å². The van der Waals surface area contributed by atoms with Crippen molar-refractivity contribution in [2.45, 2.75) is 52.0 Å². The summed E-state index contributed by atoms with van der Waals surface area (Å²) in [5.41, 5.74) is 3.13. The Morgan fingerprint density at radius 3 is 2.47 bits per heavy atom. The van der Waals surface area contributed by atoms with Gasteiger partial charge in [-0.3, -0.25) is 0 Å². The standard InChI is InChI=1S/C16H25N/c1-4-17-16(12(2)3)15-11-6-5-10-14(15)13-8-7-9-13/h5-6,10-13,16-17H,4,7-9H2,1-3H3. The molecular formula is C16H25N. The quantitative estimate of drug-likeness (QED) is 0.798. The van der Waals surface area contributed by atoms with E-state index in [2.05, 4.69) is 50.4 Å². The van der Waals surface area contributed by atoms with Crippen LogP contribution in [0.5, 0.6) is 0 Å². The molecule has 1 nitrogen and oxygen atoms in total. The molecule has 1 fully saturated rings. The van der Waals surface area contributed by atoms with Gasteiger partial charge < -0.3 is 5.32 Å². The Kier molecular flexibility index (Phi) is 4.22. The average Bonchev–Trinajstić information content (AvgIpc) is 2.24. The molecule has 1 aromatic carbocycles. The van der Waals surface area contributed by atoms with Crippen molar-refractivity contribution in [3.63, 3.8) is 0 Å². The zero-order chi connectivity index (χ0) is 12.3. The molecular weight excluding hydrogens is 206 g/mol. The summed E-state index contributed by atoms with van der Waals surface area (Å²) in [4.78, 5) is 0. The molecule has 0 aromatic heterocycles. The van der Waals surface area contributed by atoms with Crippen LogP contribution in [0.3, 0.4) is 0 Å². The van der Waals surface area contributed by atoms with Gasteiger partial charge in [0.2, 0.25) is 0 Å². The fourth-order valence-electron chi connectivity index (χ4n) is 2.81. The highest BCUT2D eigenvalue weighted by molar-refractivity contribution is 5.34. The highest BCUT2D eigenvalue weighted by atomic mass is 14.9. The van der Waals surface area contributed by atoms with Crippen LogP contribution < -0.4 is 5.32 Å². The Morgan fingerprint density at radius 1 is 1.24 bits per heavy atom. The Bertz CT molecular complexity index is 352. The predicted octanol–water partition coefficient (Wildman–Crippen LogP) is 4.26. The van der Waals surface area contributed by atoms with Crippen molar-refractivity contribution in [2.24, 2.45) is 5.92 Å². The lowest BCUT2D eigenvalue weighted by atomic mass is 9.76. The lowest BCUT2D eigenvalue weighted by Gasteiger charge is -2.32. The minimum absolute atomic E-state index is 0.511. The zero-order valence-electron chi connectivity index (χ0n) is 11.4. The van der Waals surface area contributed by atoms with E-state index in [9.17, 15) is 0 Å². The summed E-state index contributed by atoms with van der Waals surface area (Å²) in [6.07, 6.45) is 4.18. The van der Waals surface area contributed by atoms with Gasteiger partial charge in [0.15, 0.2) is 0 Å². The first-order valence-corrected chi connectivity index (χ1v) is 7.06. The van der Waals surface area contributed by atoms with E-state index >= 15 is 0 Å². The van der Waals surface area contributed by atoms with Crippen molar-refractivity contribution >= 4 is 0 Å². The van der Waals surface area contributed by atoms with Crippen LogP contribution >= 0.6 is 0 Å². The van der Waals surface area contributed by atoms with E-state index < -0.39 is 0 Å². The van der Waals surface area contributed by atoms with Gasteiger partial charge in [-0.1, -0.05) is 51.5 Å². The first kappa shape index (κ1) is 12.6. The lowest BCUT2D eigenvalue weighted by Crippen LogP contribution is -2.27. The maximum Gasteiger partial charge on any atom is 0.0346 e. The second-order valence-electron chi connectivity index (χ2n) is 5.54. The van der Waals surface area contributed by atoms with Gasteiger partial charge in [-0.05, 0) is 42.3 Å². The predicted molar refractivity (Wildman–Crippen MR) is 74.3 cm³/mol. The van der Waals surface area contributed by atoms with Gasteiger partial charge >= 0.3 is 0 Å². The molecule has 1 aromatic rings. The van der Waals surface area contributed by atoms with Crippen molar-refractivity contribution in [1.29, 1.82) is 0 Å². The molecule has 0 amide bonds. The zero-order valence-corrected chi connectivity index (χ0v) is 11.4. The first-order valence-electron chi connectivity index (χ1n) is 7.06. The highest BCUT2D eigenvalue weighted by Crippen LogP contribution is 2.40. The molecule has 2 rings (SSSR count). The van der Waals surface area contributed by atoms with E-state index in [4.69, 9.17) is 0 Å². The van der Waals surface area contributed by atoms with Crippen molar-refractivity contribution in [1.82, 2.24) is 5.32 Å². The Morgan fingerprint density at radius 2 is 1.94 bits per heavy atom. The van der Waals surface area contributed by atoms with Gasteiger partial charge in [0, 0.05) is 6.04 Å². The van der Waals surface area contributed by atoms with Gasteiger partial charge in [0.25, 0.3) is 0 Å². The van der Waals surface area contributed by atoms with Crippen LogP contribution in [0.25, 0.3) is 0 Å². The Labute approximate surface area is 106 Å². The summed E-state index contributed by atoms with van der Waals surface area (Å²) in [5.74, 6) is 1.47. The van der Waals surface area contributed by atoms with Crippen LogP contribution in [-0.4, -0.2) is 6.54 Å². The average molecular weight is 231 g/mol. The molecule has 1 N–H and O–H groups in total. The normalized spacial score (nSPS) is 18.1. The van der Waals surface area contributed by atoms with Crippen molar-refractivity contribution in [2.75, 3.05) is 6.54 Å². The number of rotatable bonds is 5. The van der Waals surface area contributed by atoms with Crippen LogP contribution in [0, 0.1) is 5.92 Å². The largest absolute Gasteiger partial charge is 0.310 e. The molecule has 0 radical (unpaired) electrons. The molecule has 0 saturated heterocycles. The third-order valence-corrected chi connectivity index (χ3v) is 3.97. The third-order valence-electron chi connectivity index (χ3n) is 3.97. The van der Waals surface area contributed by atoms with Gasteiger partial charge in [-0.2, -0.15) is 0 Å². The maximum absolute atomic E-state index is 3.64. The van der Waals surface area contributed by atoms with E-state index in [1.807, 2.05) is 0 Å². The monoisotopic (exact) mass is 231 g/mol. The van der Waals surface area contributed by atoms with Crippen LogP contribution in [0.4, 0.5) is 0 Å². The van der Waals surface area contributed by atoms with E-state index in [-0.39, 0.29) is 0 Å². The number of nitrogens with one attached hydrogen (secondary N) is 1. The number of benzene rings is 1. The molecule has 94 valence electrons. The minimum Gasteiger partial charge on any atom is -0.310 e. The summed E-state index contributed by atoms with van der Waals surface area (Å²) in [6, 6.07) is 9.55. The molecule has 0 bridgehead atoms. The molecule has 1 heteroatoms. The third kappa shape index (κ3) is 2.71. The molecule has 0 heterocycles. The van der Waals surface area contributed by atoms with Crippen LogP contribution in [0.15, 0.2) is 24.3 Å². The van der Waals surface area contributed by atoms with Gasteiger partial charge in [0.05, 0.1) is 0 Å². The molecule has 1 unspecified atom stereocenters. The van der Waals surface area contributed by atoms with Crippen molar-refractivity contribution in [3.8, 4) is 0 Å². The number of hydrogen-bond donors (Lipinski definition) is 1. The summed E-state index contributed by atoms with van der Waals surface area (Å²) < 4.78 is 0. The molecule has 1 aliphatic rings. The molecule has 1 atom stereocenters. The molecule has 1 aliphatic carbocycles. The van der Waals surface area contributed by atoms with Gasteiger partial charge in [-0.25, -0.2) is 0 Å². The second kappa shape index (κ2) is 5.68. The van der Waals surface area contributed by atoms with Gasteiger partial charge in [0.1, 0.15) is 0 Å². The minimum atomic E-state index is 0.511. The van der Waals surface area contributed by atoms with E-state index in [0.29, 0.717) is 12.0 Å².